The van der Waals surface area contributed by atoms with E-state index in [0.29, 0.717) is 24.1 Å². The Morgan fingerprint density at radius 3 is 2.96 bits per heavy atom. The summed E-state index contributed by atoms with van der Waals surface area (Å²) in [6.45, 7) is 1.14. The van der Waals surface area contributed by atoms with E-state index in [0.717, 1.165) is 31.4 Å². The lowest BCUT2D eigenvalue weighted by molar-refractivity contribution is 0.198. The second-order valence-corrected chi connectivity index (χ2v) is 7.20. The van der Waals surface area contributed by atoms with Gasteiger partial charge in [0, 0.05) is 30.1 Å². The number of carbonyl (C=O) groups is 1. The fraction of sp³-hybridized carbons (Fsp3) is 0.500. The van der Waals surface area contributed by atoms with Gasteiger partial charge in [-0.2, -0.15) is 5.10 Å². The van der Waals surface area contributed by atoms with Crippen LogP contribution in [0.1, 0.15) is 37.3 Å². The van der Waals surface area contributed by atoms with Crippen molar-refractivity contribution in [1.29, 1.82) is 0 Å². The molecule has 126 valence electrons. The van der Waals surface area contributed by atoms with Crippen LogP contribution in [0.5, 0.6) is 0 Å². The van der Waals surface area contributed by atoms with Crippen molar-refractivity contribution in [3.63, 3.8) is 0 Å². The van der Waals surface area contributed by atoms with Crippen LogP contribution < -0.4 is 10.9 Å². The lowest BCUT2D eigenvalue weighted by Crippen LogP contribution is -2.42. The highest BCUT2D eigenvalue weighted by Gasteiger charge is 2.31. The molecule has 3 heterocycles. The van der Waals surface area contributed by atoms with Gasteiger partial charge in [-0.15, -0.1) is 11.3 Å². The normalized spacial score (nSPS) is 20.3. The standard InChI is InChI=1S/C16H19N5O2S/c22-14-6-5-13(11-3-4-11)19-21(14)10-12-2-1-8-20(12)16(23)18-15-17-7-9-24-15/h5-7,9,11-12H,1-4,8,10H2,(H,17,18,23). The SMILES string of the molecule is O=C(Nc1nccs1)N1CCCC1Cn1nc(C2CC2)ccc1=O. The van der Waals surface area contributed by atoms with Gasteiger partial charge in [0.2, 0.25) is 0 Å². The van der Waals surface area contributed by atoms with E-state index >= 15 is 0 Å². The number of nitrogens with zero attached hydrogens (tertiary/aromatic N) is 4. The van der Waals surface area contributed by atoms with E-state index in [2.05, 4.69) is 15.4 Å². The molecule has 1 atom stereocenters. The molecule has 2 aromatic heterocycles. The van der Waals surface area contributed by atoms with Gasteiger partial charge >= 0.3 is 6.03 Å². The van der Waals surface area contributed by atoms with Crippen molar-refractivity contribution in [2.45, 2.75) is 44.2 Å². The van der Waals surface area contributed by atoms with Crippen LogP contribution in [0.15, 0.2) is 28.5 Å². The number of nitrogens with one attached hydrogen (secondary N) is 1. The highest BCUT2D eigenvalue weighted by Crippen LogP contribution is 2.38. The Bertz CT molecular complexity index is 784. The van der Waals surface area contributed by atoms with Crippen LogP contribution >= 0.6 is 11.3 Å². The summed E-state index contributed by atoms with van der Waals surface area (Å²) in [5, 5.41) is 9.74. The van der Waals surface area contributed by atoms with E-state index in [4.69, 9.17) is 0 Å². The lowest BCUT2D eigenvalue weighted by atomic mass is 10.2. The molecule has 2 amide bonds. The molecule has 1 saturated heterocycles. The quantitative estimate of drug-likeness (QED) is 0.922. The Morgan fingerprint density at radius 1 is 1.33 bits per heavy atom. The van der Waals surface area contributed by atoms with Crippen molar-refractivity contribution in [2.75, 3.05) is 11.9 Å². The number of amides is 2. The van der Waals surface area contributed by atoms with Gasteiger partial charge in [0.05, 0.1) is 18.3 Å². The zero-order valence-electron chi connectivity index (χ0n) is 13.2. The van der Waals surface area contributed by atoms with Gasteiger partial charge < -0.3 is 4.90 Å². The van der Waals surface area contributed by atoms with Crippen molar-refractivity contribution in [3.05, 3.63) is 39.8 Å². The first-order chi connectivity index (χ1) is 11.7. The van der Waals surface area contributed by atoms with Crippen LogP contribution in [-0.4, -0.2) is 38.3 Å². The zero-order valence-corrected chi connectivity index (χ0v) is 14.0. The lowest BCUT2D eigenvalue weighted by Gasteiger charge is -2.24. The molecule has 2 aliphatic rings. The molecule has 1 N–H and O–H groups in total. The third kappa shape index (κ3) is 3.19. The topological polar surface area (TPSA) is 80.1 Å². The largest absolute Gasteiger partial charge is 0.323 e. The molecule has 2 fully saturated rings. The Balaban J connectivity index is 1.48. The Labute approximate surface area is 143 Å². The van der Waals surface area contributed by atoms with E-state index in [9.17, 15) is 9.59 Å². The third-order valence-corrected chi connectivity index (χ3v) is 5.24. The number of anilines is 1. The minimum atomic E-state index is -0.154. The predicted octanol–water partition coefficient (Wildman–Crippen LogP) is 2.27. The summed E-state index contributed by atoms with van der Waals surface area (Å²) in [6.07, 6.45) is 5.78. The first kappa shape index (κ1) is 15.3. The Hall–Kier alpha value is -2.22. The molecule has 24 heavy (non-hydrogen) atoms. The molecule has 1 aliphatic heterocycles. The summed E-state index contributed by atoms with van der Waals surface area (Å²) < 4.78 is 1.52. The van der Waals surface area contributed by atoms with E-state index in [1.54, 1.807) is 17.2 Å². The zero-order chi connectivity index (χ0) is 16.5. The second-order valence-electron chi connectivity index (χ2n) is 6.31. The summed E-state index contributed by atoms with van der Waals surface area (Å²) >= 11 is 1.39. The molecule has 1 unspecified atom stereocenters. The van der Waals surface area contributed by atoms with E-state index in [1.165, 1.54) is 16.0 Å². The molecular weight excluding hydrogens is 326 g/mol. The summed E-state index contributed by atoms with van der Waals surface area (Å²) in [4.78, 5) is 30.4. The van der Waals surface area contributed by atoms with E-state index in [-0.39, 0.29) is 17.6 Å². The molecule has 8 heteroatoms. The van der Waals surface area contributed by atoms with Crippen LogP contribution in [0.4, 0.5) is 9.93 Å². The molecule has 0 radical (unpaired) electrons. The maximum Gasteiger partial charge on any atom is 0.323 e. The molecule has 2 aromatic rings. The van der Waals surface area contributed by atoms with Gasteiger partial charge in [0.25, 0.3) is 5.56 Å². The molecule has 0 spiro atoms. The van der Waals surface area contributed by atoms with Crippen LogP contribution in [0, 0.1) is 0 Å². The van der Waals surface area contributed by atoms with Crippen LogP contribution in [0.2, 0.25) is 0 Å². The molecular formula is C16H19N5O2S. The van der Waals surface area contributed by atoms with Crippen LogP contribution in [-0.2, 0) is 6.54 Å². The fourth-order valence-electron chi connectivity index (χ4n) is 3.13. The molecule has 1 aliphatic carbocycles. The van der Waals surface area contributed by atoms with Gasteiger partial charge in [-0.3, -0.25) is 10.1 Å². The summed E-state index contributed by atoms with van der Waals surface area (Å²) in [5.74, 6) is 0.504. The summed E-state index contributed by atoms with van der Waals surface area (Å²) in [6, 6.07) is 3.26. The van der Waals surface area contributed by atoms with Crippen LogP contribution in [0.3, 0.4) is 0 Å². The highest BCUT2D eigenvalue weighted by atomic mass is 32.1. The number of carbonyl (C=O) groups excluding carboxylic acids is 1. The number of rotatable bonds is 4. The molecule has 1 saturated carbocycles. The summed E-state index contributed by atoms with van der Waals surface area (Å²) in [7, 11) is 0. The van der Waals surface area contributed by atoms with Crippen molar-refractivity contribution in [2.24, 2.45) is 0 Å². The Kier molecular flexibility index (Phi) is 4.05. The predicted molar refractivity (Wildman–Crippen MR) is 91.3 cm³/mol. The molecule has 0 bridgehead atoms. The van der Waals surface area contributed by atoms with E-state index < -0.39 is 0 Å². The maximum atomic E-state index is 12.5. The second kappa shape index (κ2) is 6.35. The van der Waals surface area contributed by atoms with Crippen molar-refractivity contribution in [1.82, 2.24) is 19.7 Å². The van der Waals surface area contributed by atoms with Gasteiger partial charge in [0.1, 0.15) is 0 Å². The maximum absolute atomic E-state index is 12.5. The fourth-order valence-corrected chi connectivity index (χ4v) is 3.65. The van der Waals surface area contributed by atoms with Gasteiger partial charge in [-0.05, 0) is 31.7 Å². The molecule has 7 nitrogen and oxygen atoms in total. The molecule has 4 rings (SSSR count). The van der Waals surface area contributed by atoms with Gasteiger partial charge in [0.15, 0.2) is 5.13 Å². The number of aromatic nitrogens is 3. The highest BCUT2D eigenvalue weighted by molar-refractivity contribution is 7.13. The molecule has 0 aromatic carbocycles. The van der Waals surface area contributed by atoms with E-state index in [1.807, 2.05) is 11.4 Å². The number of hydrogen-bond acceptors (Lipinski definition) is 5. The number of thiazole rings is 1. The monoisotopic (exact) mass is 345 g/mol. The Morgan fingerprint density at radius 2 is 2.21 bits per heavy atom. The van der Waals surface area contributed by atoms with Crippen molar-refractivity contribution >= 4 is 22.5 Å². The summed E-state index contributed by atoms with van der Waals surface area (Å²) in [5.41, 5.74) is 0.887. The van der Waals surface area contributed by atoms with Crippen molar-refractivity contribution < 1.29 is 4.79 Å². The average molecular weight is 345 g/mol. The van der Waals surface area contributed by atoms with Crippen LogP contribution in [0.25, 0.3) is 0 Å². The van der Waals surface area contributed by atoms with Crippen molar-refractivity contribution in [3.8, 4) is 0 Å². The first-order valence-electron chi connectivity index (χ1n) is 8.26. The smallest absolute Gasteiger partial charge is 0.320 e. The number of urea groups is 1. The van der Waals surface area contributed by atoms with Gasteiger partial charge in [-0.25, -0.2) is 14.5 Å². The minimum absolute atomic E-state index is 0.00962. The average Bonchev–Trinajstić information content (AvgIpc) is 3.10. The minimum Gasteiger partial charge on any atom is -0.320 e. The van der Waals surface area contributed by atoms with Gasteiger partial charge in [-0.1, -0.05) is 0 Å². The number of hydrogen-bond donors (Lipinski definition) is 1. The number of likely N-dealkylation sites (tertiary alicyclic amines) is 1. The first-order valence-corrected chi connectivity index (χ1v) is 9.14. The third-order valence-electron chi connectivity index (χ3n) is 4.55.